The van der Waals surface area contributed by atoms with Crippen molar-refractivity contribution in [3.8, 4) is 11.5 Å². The van der Waals surface area contributed by atoms with Gasteiger partial charge in [0.2, 0.25) is 5.91 Å². The molecule has 140 valence electrons. The molecule has 4 aromatic rings. The van der Waals surface area contributed by atoms with Crippen LogP contribution in [0.3, 0.4) is 0 Å². The number of nitrogens with one attached hydrogen (secondary N) is 1. The van der Waals surface area contributed by atoms with Crippen LogP contribution in [0.5, 0.6) is 11.5 Å². The average molecular weight is 390 g/mol. The number of rotatable bonds is 4. The number of aryl methyl sites for hydroxylation is 1. The summed E-state index contributed by atoms with van der Waals surface area (Å²) in [6.45, 7) is 1.72. The van der Waals surface area contributed by atoms with Crippen LogP contribution in [0, 0.1) is 6.92 Å². The molecule has 9 nitrogen and oxygen atoms in total. The summed E-state index contributed by atoms with van der Waals surface area (Å²) in [5, 5.41) is 13.2. The highest BCUT2D eigenvalue weighted by molar-refractivity contribution is 6.32. The molecule has 0 aliphatic heterocycles. The monoisotopic (exact) mass is 389 g/mol. The number of hydrogen-bond donors (Lipinski definition) is 2. The van der Waals surface area contributed by atoms with E-state index in [0.717, 1.165) is 0 Å². The lowest BCUT2D eigenvalue weighted by Gasteiger charge is -2.03. The number of carbonyl (C=O) groups excluding carboxylic acids is 1. The zero-order chi connectivity index (χ0) is 19.3. The molecule has 0 aliphatic carbocycles. The van der Waals surface area contributed by atoms with E-state index in [9.17, 15) is 9.90 Å². The summed E-state index contributed by atoms with van der Waals surface area (Å²) in [4.78, 5) is 20.9. The van der Waals surface area contributed by atoms with Crippen LogP contribution in [0.15, 0.2) is 22.9 Å². The number of benzene rings is 1. The zero-order valence-electron chi connectivity index (χ0n) is 14.8. The molecule has 0 spiro atoms. The van der Waals surface area contributed by atoms with Gasteiger partial charge < -0.3 is 23.4 Å². The van der Waals surface area contributed by atoms with Gasteiger partial charge in [0.05, 0.1) is 24.2 Å². The Labute approximate surface area is 158 Å². The van der Waals surface area contributed by atoms with Gasteiger partial charge in [0, 0.05) is 19.2 Å². The lowest BCUT2D eigenvalue weighted by molar-refractivity contribution is -0.116. The summed E-state index contributed by atoms with van der Waals surface area (Å²) in [5.74, 6) is 0.187. The fourth-order valence-corrected chi connectivity index (χ4v) is 3.15. The molecular weight excluding hydrogens is 374 g/mol. The summed E-state index contributed by atoms with van der Waals surface area (Å²) < 4.78 is 14.0. The Morgan fingerprint density at radius 3 is 2.96 bits per heavy atom. The number of ether oxygens (including phenoxy) is 1. The maximum atomic E-state index is 12.4. The molecule has 0 saturated carbocycles. The number of aromatic nitrogens is 4. The fraction of sp³-hybridized carbons (Fsp3) is 0.235. The van der Waals surface area contributed by atoms with Gasteiger partial charge in [0.1, 0.15) is 23.3 Å². The Bertz CT molecular complexity index is 1190. The number of halogens is 1. The summed E-state index contributed by atoms with van der Waals surface area (Å²) in [6, 6.07) is 3.24. The topological polar surface area (TPSA) is 107 Å². The Morgan fingerprint density at radius 1 is 1.44 bits per heavy atom. The number of nitrogens with zero attached hydrogens (tertiary/aromatic N) is 4. The molecule has 3 heterocycles. The van der Waals surface area contributed by atoms with Gasteiger partial charge in [-0.3, -0.25) is 10.1 Å². The smallest absolute Gasteiger partial charge is 0.302 e. The number of carbonyl (C=O) groups is 1. The molecule has 4 rings (SSSR count). The minimum Gasteiger partial charge on any atom is -0.504 e. The second kappa shape index (κ2) is 6.20. The van der Waals surface area contributed by atoms with E-state index in [1.54, 1.807) is 35.2 Å². The Hall–Kier alpha value is -3.20. The number of oxazole rings is 1. The zero-order valence-corrected chi connectivity index (χ0v) is 15.5. The first-order valence-corrected chi connectivity index (χ1v) is 8.40. The van der Waals surface area contributed by atoms with Crippen LogP contribution < -0.4 is 10.1 Å². The summed E-state index contributed by atoms with van der Waals surface area (Å²) in [5.41, 5.74) is 2.71. The number of hydrogen-bond acceptors (Lipinski definition) is 6. The SMILES string of the molecule is COc1cc2nc(NC(=O)Cn3cnc4c3c(O)c(C)n4C)oc2cc1Cl. The van der Waals surface area contributed by atoms with E-state index in [2.05, 4.69) is 15.3 Å². The van der Waals surface area contributed by atoms with E-state index in [1.165, 1.54) is 13.4 Å². The molecule has 0 bridgehead atoms. The predicted molar refractivity (Wildman–Crippen MR) is 99.3 cm³/mol. The summed E-state index contributed by atoms with van der Waals surface area (Å²) in [7, 11) is 3.30. The third kappa shape index (κ3) is 2.76. The lowest BCUT2D eigenvalue weighted by Crippen LogP contribution is -2.18. The number of methoxy groups -OCH3 is 1. The molecule has 0 fully saturated rings. The van der Waals surface area contributed by atoms with Gasteiger partial charge >= 0.3 is 6.01 Å². The Balaban J connectivity index is 1.58. The fourth-order valence-electron chi connectivity index (χ4n) is 2.92. The molecule has 0 atom stereocenters. The highest BCUT2D eigenvalue weighted by atomic mass is 35.5. The standard InChI is InChI=1S/C17H16ClN5O4/c1-8-15(25)14-16(22(8)2)19-7-23(14)6-13(24)21-17-20-10-5-11(26-3)9(18)4-12(10)27-17/h4-5,7,25H,6H2,1-3H3,(H,20,21,24). The molecule has 1 aromatic carbocycles. The third-order valence-corrected chi connectivity index (χ3v) is 4.72. The number of anilines is 1. The van der Waals surface area contributed by atoms with E-state index in [-0.39, 0.29) is 24.2 Å². The van der Waals surface area contributed by atoms with Crippen molar-refractivity contribution in [2.75, 3.05) is 12.4 Å². The first kappa shape index (κ1) is 17.2. The largest absolute Gasteiger partial charge is 0.504 e. The van der Waals surface area contributed by atoms with Gasteiger partial charge in [-0.05, 0) is 6.92 Å². The van der Waals surface area contributed by atoms with E-state index < -0.39 is 0 Å². The second-order valence-corrected chi connectivity index (χ2v) is 6.47. The van der Waals surface area contributed by atoms with Crippen molar-refractivity contribution in [1.82, 2.24) is 19.1 Å². The predicted octanol–water partition coefficient (Wildman–Crippen LogP) is 2.83. The van der Waals surface area contributed by atoms with Gasteiger partial charge in [-0.15, -0.1) is 0 Å². The molecular formula is C17H16ClN5O4. The normalized spacial score (nSPS) is 11.4. The molecule has 0 aliphatic rings. The maximum Gasteiger partial charge on any atom is 0.302 e. The van der Waals surface area contributed by atoms with Gasteiger partial charge in [0.15, 0.2) is 17.0 Å². The highest BCUT2D eigenvalue weighted by Crippen LogP contribution is 2.32. The van der Waals surface area contributed by atoms with Gasteiger partial charge in [0.25, 0.3) is 0 Å². The molecule has 0 unspecified atom stereocenters. The summed E-state index contributed by atoms with van der Waals surface area (Å²) >= 11 is 6.06. The molecule has 10 heteroatoms. The number of aromatic hydroxyl groups is 1. The second-order valence-electron chi connectivity index (χ2n) is 6.06. The molecule has 27 heavy (non-hydrogen) atoms. The van der Waals surface area contributed by atoms with Crippen LogP contribution >= 0.6 is 11.6 Å². The van der Waals surface area contributed by atoms with Crippen molar-refractivity contribution >= 4 is 45.8 Å². The van der Waals surface area contributed by atoms with Crippen LogP contribution in [0.25, 0.3) is 22.3 Å². The number of imidazole rings is 1. The van der Waals surface area contributed by atoms with Crippen LogP contribution in [0.2, 0.25) is 5.02 Å². The number of amides is 1. The summed E-state index contributed by atoms with van der Waals surface area (Å²) in [6.07, 6.45) is 1.50. The van der Waals surface area contributed by atoms with Gasteiger partial charge in [-0.1, -0.05) is 11.6 Å². The molecule has 0 radical (unpaired) electrons. The molecule has 3 aromatic heterocycles. The minimum atomic E-state index is -0.375. The third-order valence-electron chi connectivity index (χ3n) is 4.43. The molecule has 0 saturated heterocycles. The molecule has 1 amide bonds. The van der Waals surface area contributed by atoms with Crippen LogP contribution in [-0.4, -0.2) is 37.2 Å². The highest BCUT2D eigenvalue weighted by Gasteiger charge is 2.19. The van der Waals surface area contributed by atoms with Crippen LogP contribution in [-0.2, 0) is 18.4 Å². The minimum absolute atomic E-state index is 0.0455. The van der Waals surface area contributed by atoms with E-state index in [1.807, 2.05) is 0 Å². The quantitative estimate of drug-likeness (QED) is 0.555. The van der Waals surface area contributed by atoms with Crippen molar-refractivity contribution in [3.63, 3.8) is 0 Å². The first-order chi connectivity index (χ1) is 12.9. The van der Waals surface area contributed by atoms with Crippen molar-refractivity contribution in [2.24, 2.45) is 7.05 Å². The first-order valence-electron chi connectivity index (χ1n) is 8.02. The molecule has 2 N–H and O–H groups in total. The average Bonchev–Trinajstić information content (AvgIpc) is 3.26. The van der Waals surface area contributed by atoms with Crippen molar-refractivity contribution < 1.29 is 19.1 Å². The van der Waals surface area contributed by atoms with E-state index >= 15 is 0 Å². The Kier molecular flexibility index (Phi) is 3.96. The number of fused-ring (bicyclic) bond motifs is 2. The van der Waals surface area contributed by atoms with Crippen molar-refractivity contribution in [3.05, 3.63) is 29.2 Å². The Morgan fingerprint density at radius 2 is 2.22 bits per heavy atom. The van der Waals surface area contributed by atoms with E-state index in [4.69, 9.17) is 20.8 Å². The van der Waals surface area contributed by atoms with Gasteiger partial charge in [-0.25, -0.2) is 4.98 Å². The van der Waals surface area contributed by atoms with Crippen molar-refractivity contribution in [2.45, 2.75) is 13.5 Å². The van der Waals surface area contributed by atoms with E-state index in [0.29, 0.717) is 38.7 Å². The van der Waals surface area contributed by atoms with Crippen LogP contribution in [0.4, 0.5) is 6.01 Å². The van der Waals surface area contributed by atoms with Gasteiger partial charge in [-0.2, -0.15) is 4.98 Å². The maximum absolute atomic E-state index is 12.4. The van der Waals surface area contributed by atoms with Crippen LogP contribution in [0.1, 0.15) is 5.69 Å². The van der Waals surface area contributed by atoms with Crippen molar-refractivity contribution in [1.29, 1.82) is 0 Å². The lowest BCUT2D eigenvalue weighted by atomic mass is 10.3.